The SMILES string of the molecule is C[C@@H](Nc1nc2cnc(NC3CCC(N)CC3)nc2n1C1CCCC1)c1ccccc1.Cl.Cl. The standard InChI is InChI=1S/C24H33N7.2ClH/c1-16(17-7-3-2-4-8-17)27-24-29-21-15-26-23(28-19-13-11-18(25)12-14-19)30-22(21)31(24)20-9-5-6-10-20;;/h2-4,7-8,15-16,18-20H,5-6,9-14,25H2,1H3,(H,27,29)(H,26,28,30);2*1H/t16-,18?,19?;;/m1../s1. The van der Waals surface area contributed by atoms with E-state index in [-0.39, 0.29) is 30.9 Å². The number of nitrogens with two attached hydrogens (primary N) is 1. The summed E-state index contributed by atoms with van der Waals surface area (Å²) in [5.41, 5.74) is 9.09. The quantitative estimate of drug-likeness (QED) is 0.412. The number of hydrogen-bond donors (Lipinski definition) is 3. The Balaban J connectivity index is 0.00000153. The van der Waals surface area contributed by atoms with E-state index in [4.69, 9.17) is 15.7 Å². The van der Waals surface area contributed by atoms with E-state index in [1.807, 2.05) is 12.3 Å². The van der Waals surface area contributed by atoms with E-state index in [0.717, 1.165) is 42.8 Å². The second kappa shape index (κ2) is 11.4. The van der Waals surface area contributed by atoms with E-state index in [0.29, 0.717) is 24.1 Å². The molecule has 0 aliphatic heterocycles. The van der Waals surface area contributed by atoms with Gasteiger partial charge in [0, 0.05) is 18.1 Å². The maximum atomic E-state index is 6.06. The molecule has 0 radical (unpaired) electrons. The molecule has 0 saturated heterocycles. The first-order valence-corrected chi connectivity index (χ1v) is 11.8. The fraction of sp³-hybridized carbons (Fsp3) is 0.542. The number of rotatable bonds is 6. The fourth-order valence-electron chi connectivity index (χ4n) is 5.04. The molecule has 0 bridgehead atoms. The van der Waals surface area contributed by atoms with Gasteiger partial charge in [-0.25, -0.2) is 9.97 Å². The topological polar surface area (TPSA) is 93.7 Å². The molecule has 180 valence electrons. The number of benzene rings is 1. The Morgan fingerprint density at radius 3 is 2.36 bits per heavy atom. The molecule has 1 atom stereocenters. The van der Waals surface area contributed by atoms with Gasteiger partial charge in [0.1, 0.15) is 5.52 Å². The van der Waals surface area contributed by atoms with Gasteiger partial charge in [-0.15, -0.1) is 24.8 Å². The van der Waals surface area contributed by atoms with Crippen LogP contribution in [0, 0.1) is 0 Å². The average Bonchev–Trinajstić information content (AvgIpc) is 3.43. The van der Waals surface area contributed by atoms with E-state index in [1.165, 1.54) is 31.2 Å². The number of imidazole rings is 1. The summed E-state index contributed by atoms with van der Waals surface area (Å²) in [6.45, 7) is 2.18. The van der Waals surface area contributed by atoms with E-state index >= 15 is 0 Å². The number of fused-ring (bicyclic) bond motifs is 1. The Kier molecular flexibility index (Phi) is 8.79. The molecule has 0 unspecified atom stereocenters. The van der Waals surface area contributed by atoms with Crippen molar-refractivity contribution in [2.45, 2.75) is 82.5 Å². The highest BCUT2D eigenvalue weighted by Gasteiger charge is 2.25. The molecule has 9 heteroatoms. The maximum absolute atomic E-state index is 6.06. The molecule has 2 heterocycles. The first kappa shape index (κ1) is 25.5. The minimum absolute atomic E-state index is 0. The lowest BCUT2D eigenvalue weighted by Crippen LogP contribution is -2.33. The summed E-state index contributed by atoms with van der Waals surface area (Å²) in [7, 11) is 0. The zero-order valence-corrected chi connectivity index (χ0v) is 20.7. The normalized spacial score (nSPS) is 21.8. The molecule has 2 aromatic heterocycles. The first-order chi connectivity index (χ1) is 15.2. The van der Waals surface area contributed by atoms with Gasteiger partial charge < -0.3 is 16.4 Å². The Hall–Kier alpha value is -2.09. The van der Waals surface area contributed by atoms with Crippen molar-refractivity contribution in [2.75, 3.05) is 10.6 Å². The van der Waals surface area contributed by atoms with Gasteiger partial charge in [-0.05, 0) is 51.0 Å². The summed E-state index contributed by atoms with van der Waals surface area (Å²) in [5.74, 6) is 1.60. The van der Waals surface area contributed by atoms with Crippen LogP contribution >= 0.6 is 24.8 Å². The number of anilines is 2. The molecule has 2 fully saturated rings. The van der Waals surface area contributed by atoms with Gasteiger partial charge in [0.05, 0.1) is 12.2 Å². The van der Waals surface area contributed by atoms with Crippen LogP contribution in [0.3, 0.4) is 0 Å². The van der Waals surface area contributed by atoms with Crippen molar-refractivity contribution in [3.8, 4) is 0 Å². The van der Waals surface area contributed by atoms with Crippen LogP contribution in [0.4, 0.5) is 11.9 Å². The second-order valence-electron chi connectivity index (χ2n) is 9.18. The van der Waals surface area contributed by atoms with E-state index < -0.39 is 0 Å². The van der Waals surface area contributed by atoms with Crippen LogP contribution in [0.2, 0.25) is 0 Å². The van der Waals surface area contributed by atoms with Crippen molar-refractivity contribution in [3.63, 3.8) is 0 Å². The van der Waals surface area contributed by atoms with Gasteiger partial charge >= 0.3 is 0 Å². The zero-order valence-electron chi connectivity index (χ0n) is 19.1. The summed E-state index contributed by atoms with van der Waals surface area (Å²) in [6.07, 6.45) is 11.0. The third-order valence-electron chi connectivity index (χ3n) is 6.87. The van der Waals surface area contributed by atoms with Crippen LogP contribution in [0.5, 0.6) is 0 Å². The molecule has 0 amide bonds. The number of halogens is 2. The summed E-state index contributed by atoms with van der Waals surface area (Å²) in [6, 6.07) is 11.8. The average molecular weight is 492 g/mol. The number of aromatic nitrogens is 4. The molecule has 4 N–H and O–H groups in total. The Morgan fingerprint density at radius 2 is 1.67 bits per heavy atom. The lowest BCUT2D eigenvalue weighted by Gasteiger charge is -2.26. The largest absolute Gasteiger partial charge is 0.351 e. The molecule has 0 spiro atoms. The number of hydrogen-bond acceptors (Lipinski definition) is 6. The van der Waals surface area contributed by atoms with Gasteiger partial charge in [0.15, 0.2) is 5.65 Å². The number of nitrogens with one attached hydrogen (secondary N) is 2. The van der Waals surface area contributed by atoms with Crippen molar-refractivity contribution in [2.24, 2.45) is 5.73 Å². The maximum Gasteiger partial charge on any atom is 0.224 e. The van der Waals surface area contributed by atoms with Crippen LogP contribution in [0.15, 0.2) is 36.5 Å². The Bertz CT molecular complexity index is 1010. The molecular formula is C24H35Cl2N7. The van der Waals surface area contributed by atoms with Gasteiger partial charge in [-0.1, -0.05) is 43.2 Å². The van der Waals surface area contributed by atoms with E-state index in [2.05, 4.69) is 51.4 Å². The predicted molar refractivity (Wildman–Crippen MR) is 140 cm³/mol. The van der Waals surface area contributed by atoms with Crippen LogP contribution in [0.25, 0.3) is 11.2 Å². The van der Waals surface area contributed by atoms with Crippen molar-refractivity contribution in [1.29, 1.82) is 0 Å². The van der Waals surface area contributed by atoms with Crippen LogP contribution in [0.1, 0.15) is 75.9 Å². The molecule has 7 nitrogen and oxygen atoms in total. The monoisotopic (exact) mass is 491 g/mol. The van der Waals surface area contributed by atoms with Gasteiger partial charge in [-0.3, -0.25) is 4.57 Å². The Morgan fingerprint density at radius 1 is 0.970 bits per heavy atom. The zero-order chi connectivity index (χ0) is 21.2. The number of nitrogens with zero attached hydrogens (tertiary/aromatic N) is 4. The molecule has 5 rings (SSSR count). The lowest BCUT2D eigenvalue weighted by atomic mass is 9.92. The summed E-state index contributed by atoms with van der Waals surface area (Å²) < 4.78 is 2.32. The van der Waals surface area contributed by atoms with Crippen molar-refractivity contribution < 1.29 is 0 Å². The minimum atomic E-state index is 0. The molecule has 1 aromatic carbocycles. The molecular weight excluding hydrogens is 457 g/mol. The van der Waals surface area contributed by atoms with Crippen LogP contribution < -0.4 is 16.4 Å². The molecule has 2 aliphatic carbocycles. The van der Waals surface area contributed by atoms with E-state index in [9.17, 15) is 0 Å². The van der Waals surface area contributed by atoms with Gasteiger partial charge in [0.25, 0.3) is 0 Å². The third kappa shape index (κ3) is 5.70. The van der Waals surface area contributed by atoms with Crippen LogP contribution in [-0.4, -0.2) is 31.6 Å². The summed E-state index contributed by atoms with van der Waals surface area (Å²) >= 11 is 0. The smallest absolute Gasteiger partial charge is 0.224 e. The van der Waals surface area contributed by atoms with Crippen molar-refractivity contribution in [3.05, 3.63) is 42.1 Å². The lowest BCUT2D eigenvalue weighted by molar-refractivity contribution is 0.410. The summed E-state index contributed by atoms with van der Waals surface area (Å²) in [5, 5.41) is 7.20. The summed E-state index contributed by atoms with van der Waals surface area (Å²) in [4.78, 5) is 14.4. The molecule has 2 saturated carbocycles. The third-order valence-corrected chi connectivity index (χ3v) is 6.87. The van der Waals surface area contributed by atoms with Crippen LogP contribution in [-0.2, 0) is 0 Å². The highest BCUT2D eigenvalue weighted by atomic mass is 35.5. The molecule has 3 aromatic rings. The van der Waals surface area contributed by atoms with E-state index in [1.54, 1.807) is 0 Å². The molecule has 33 heavy (non-hydrogen) atoms. The van der Waals surface area contributed by atoms with Crippen molar-refractivity contribution in [1.82, 2.24) is 19.5 Å². The van der Waals surface area contributed by atoms with Gasteiger partial charge in [-0.2, -0.15) is 4.98 Å². The van der Waals surface area contributed by atoms with Gasteiger partial charge in [0.2, 0.25) is 11.9 Å². The second-order valence-corrected chi connectivity index (χ2v) is 9.18. The highest BCUT2D eigenvalue weighted by Crippen LogP contribution is 2.36. The van der Waals surface area contributed by atoms with Crippen molar-refractivity contribution >= 4 is 47.9 Å². The predicted octanol–water partition coefficient (Wildman–Crippen LogP) is 5.64. The fourth-order valence-corrected chi connectivity index (χ4v) is 5.04. The Labute approximate surface area is 208 Å². The first-order valence-electron chi connectivity index (χ1n) is 11.8. The molecule has 2 aliphatic rings. The minimum Gasteiger partial charge on any atom is -0.351 e. The highest BCUT2D eigenvalue weighted by molar-refractivity contribution is 5.85.